The van der Waals surface area contributed by atoms with Gasteiger partial charge in [0.25, 0.3) is 0 Å². The molecule has 17 heavy (non-hydrogen) atoms. The fraction of sp³-hybridized carbons (Fsp3) is 0.538. The summed E-state index contributed by atoms with van der Waals surface area (Å²) in [6, 6.07) is 3.12. The van der Waals surface area contributed by atoms with Crippen LogP contribution in [0.1, 0.15) is 44.7 Å². The first kappa shape index (κ1) is 14.1. The number of hydrogen-bond acceptors (Lipinski definition) is 2. The van der Waals surface area contributed by atoms with Crippen LogP contribution in [0, 0.1) is 17.6 Å². The molecular formula is C13H20F2N2. The van der Waals surface area contributed by atoms with E-state index in [9.17, 15) is 8.78 Å². The highest BCUT2D eigenvalue weighted by Crippen LogP contribution is 2.23. The summed E-state index contributed by atoms with van der Waals surface area (Å²) in [5.74, 6) is 5.15. The van der Waals surface area contributed by atoms with Crippen LogP contribution in [0.5, 0.6) is 0 Å². The van der Waals surface area contributed by atoms with E-state index in [0.717, 1.165) is 25.0 Å². The number of nitrogens with two attached hydrogens (primary N) is 1. The minimum Gasteiger partial charge on any atom is -0.271 e. The number of benzene rings is 1. The summed E-state index contributed by atoms with van der Waals surface area (Å²) >= 11 is 0. The molecule has 0 amide bonds. The maximum absolute atomic E-state index is 13.5. The Morgan fingerprint density at radius 3 is 2.53 bits per heavy atom. The Kier molecular flexibility index (Phi) is 5.51. The monoisotopic (exact) mass is 242 g/mol. The molecule has 96 valence electrons. The van der Waals surface area contributed by atoms with Crippen molar-refractivity contribution in [3.63, 3.8) is 0 Å². The lowest BCUT2D eigenvalue weighted by molar-refractivity contribution is 0.438. The van der Waals surface area contributed by atoms with Crippen molar-refractivity contribution in [1.82, 2.24) is 5.43 Å². The topological polar surface area (TPSA) is 38.0 Å². The largest absolute Gasteiger partial charge is 0.271 e. The van der Waals surface area contributed by atoms with Gasteiger partial charge in [0.2, 0.25) is 0 Å². The lowest BCUT2D eigenvalue weighted by Crippen LogP contribution is -2.28. The molecule has 1 atom stereocenters. The van der Waals surface area contributed by atoms with Gasteiger partial charge in [-0.2, -0.15) is 0 Å². The van der Waals surface area contributed by atoms with Crippen molar-refractivity contribution in [3.8, 4) is 0 Å². The second kappa shape index (κ2) is 6.67. The van der Waals surface area contributed by atoms with Gasteiger partial charge in [-0.3, -0.25) is 11.3 Å². The van der Waals surface area contributed by atoms with Crippen LogP contribution >= 0.6 is 0 Å². The quantitative estimate of drug-likeness (QED) is 0.593. The number of rotatable bonds is 6. The average molecular weight is 242 g/mol. The minimum atomic E-state index is -0.439. The Balaban J connectivity index is 2.68. The van der Waals surface area contributed by atoms with Gasteiger partial charge in [0.15, 0.2) is 0 Å². The molecule has 4 heteroatoms. The van der Waals surface area contributed by atoms with Crippen LogP contribution in [0.3, 0.4) is 0 Å². The van der Waals surface area contributed by atoms with Crippen LogP contribution in [0.2, 0.25) is 0 Å². The summed E-state index contributed by atoms with van der Waals surface area (Å²) in [6.07, 6.45) is 2.69. The van der Waals surface area contributed by atoms with Gasteiger partial charge in [0.1, 0.15) is 11.6 Å². The molecule has 1 unspecified atom stereocenters. The summed E-state index contributed by atoms with van der Waals surface area (Å²) in [5, 5.41) is 0. The van der Waals surface area contributed by atoms with Gasteiger partial charge < -0.3 is 0 Å². The molecule has 3 N–H and O–H groups in total. The van der Waals surface area contributed by atoms with Crippen LogP contribution in [0.4, 0.5) is 8.78 Å². The third kappa shape index (κ3) is 4.40. The van der Waals surface area contributed by atoms with Gasteiger partial charge in [-0.1, -0.05) is 26.7 Å². The molecule has 0 heterocycles. The maximum atomic E-state index is 13.5. The standard InChI is InChI=1S/C13H20F2N2/c1-9(2)4-3-5-13(17-16)11-8-10(14)6-7-12(11)15/h6-9,13,17H,3-5,16H2,1-2H3. The number of hydrazine groups is 1. The highest BCUT2D eigenvalue weighted by molar-refractivity contribution is 5.22. The number of nitrogens with one attached hydrogen (secondary N) is 1. The lowest BCUT2D eigenvalue weighted by Gasteiger charge is -2.17. The van der Waals surface area contributed by atoms with Gasteiger partial charge in [0, 0.05) is 11.6 Å². The Morgan fingerprint density at radius 1 is 1.24 bits per heavy atom. The van der Waals surface area contributed by atoms with E-state index in [2.05, 4.69) is 19.3 Å². The number of halogens is 2. The zero-order chi connectivity index (χ0) is 12.8. The molecule has 0 fully saturated rings. The number of hydrogen-bond donors (Lipinski definition) is 2. The smallest absolute Gasteiger partial charge is 0.128 e. The molecule has 0 bridgehead atoms. The molecule has 0 radical (unpaired) electrons. The molecule has 1 rings (SSSR count). The molecule has 0 saturated carbocycles. The van der Waals surface area contributed by atoms with Gasteiger partial charge in [-0.25, -0.2) is 8.78 Å². The Labute approximate surface area is 101 Å². The SMILES string of the molecule is CC(C)CCCC(NN)c1cc(F)ccc1F. The van der Waals surface area contributed by atoms with E-state index in [1.165, 1.54) is 6.07 Å². The normalized spacial score (nSPS) is 13.1. The molecule has 0 aliphatic heterocycles. The van der Waals surface area contributed by atoms with Crippen molar-refractivity contribution in [2.75, 3.05) is 0 Å². The average Bonchev–Trinajstić information content (AvgIpc) is 2.28. The zero-order valence-electron chi connectivity index (χ0n) is 10.3. The van der Waals surface area contributed by atoms with E-state index in [4.69, 9.17) is 5.84 Å². The van der Waals surface area contributed by atoms with E-state index in [1.807, 2.05) is 0 Å². The molecule has 0 spiro atoms. The predicted octanol–water partition coefficient (Wildman–Crippen LogP) is 3.30. The van der Waals surface area contributed by atoms with Crippen molar-refractivity contribution in [1.29, 1.82) is 0 Å². The van der Waals surface area contributed by atoms with Gasteiger partial charge in [0.05, 0.1) is 0 Å². The van der Waals surface area contributed by atoms with Crippen molar-refractivity contribution in [3.05, 3.63) is 35.4 Å². The van der Waals surface area contributed by atoms with Crippen LogP contribution in [0.15, 0.2) is 18.2 Å². The molecule has 0 aliphatic rings. The first-order chi connectivity index (χ1) is 8.04. The Bertz CT molecular complexity index is 353. The van der Waals surface area contributed by atoms with Crippen LogP contribution in [-0.2, 0) is 0 Å². The highest BCUT2D eigenvalue weighted by atomic mass is 19.1. The zero-order valence-corrected chi connectivity index (χ0v) is 10.3. The van der Waals surface area contributed by atoms with Crippen LogP contribution in [-0.4, -0.2) is 0 Å². The van der Waals surface area contributed by atoms with E-state index in [0.29, 0.717) is 17.9 Å². The third-order valence-corrected chi connectivity index (χ3v) is 2.81. The maximum Gasteiger partial charge on any atom is 0.128 e. The van der Waals surface area contributed by atoms with Gasteiger partial charge in [-0.05, 0) is 30.5 Å². The summed E-state index contributed by atoms with van der Waals surface area (Å²) in [7, 11) is 0. The molecule has 0 aromatic heterocycles. The fourth-order valence-corrected chi connectivity index (χ4v) is 1.84. The molecule has 2 nitrogen and oxygen atoms in total. The predicted molar refractivity (Wildman–Crippen MR) is 65.1 cm³/mol. The first-order valence-corrected chi connectivity index (χ1v) is 5.95. The minimum absolute atomic E-state index is 0.302. The van der Waals surface area contributed by atoms with Gasteiger partial charge in [-0.15, -0.1) is 0 Å². The Hall–Kier alpha value is -1.00. The fourth-order valence-electron chi connectivity index (χ4n) is 1.84. The third-order valence-electron chi connectivity index (χ3n) is 2.81. The van der Waals surface area contributed by atoms with Crippen LogP contribution in [0.25, 0.3) is 0 Å². The summed E-state index contributed by atoms with van der Waals surface area (Å²) in [6.45, 7) is 4.27. The van der Waals surface area contributed by atoms with Gasteiger partial charge >= 0.3 is 0 Å². The van der Waals surface area contributed by atoms with Crippen molar-refractivity contribution >= 4 is 0 Å². The second-order valence-corrected chi connectivity index (χ2v) is 4.71. The molecule has 1 aromatic rings. The van der Waals surface area contributed by atoms with E-state index < -0.39 is 11.6 Å². The molecule has 1 aromatic carbocycles. The Morgan fingerprint density at radius 2 is 1.94 bits per heavy atom. The highest BCUT2D eigenvalue weighted by Gasteiger charge is 2.15. The van der Waals surface area contributed by atoms with E-state index in [1.54, 1.807) is 0 Å². The lowest BCUT2D eigenvalue weighted by atomic mass is 9.98. The van der Waals surface area contributed by atoms with E-state index >= 15 is 0 Å². The van der Waals surface area contributed by atoms with Crippen LogP contribution < -0.4 is 11.3 Å². The first-order valence-electron chi connectivity index (χ1n) is 5.95. The summed E-state index contributed by atoms with van der Waals surface area (Å²) < 4.78 is 26.6. The summed E-state index contributed by atoms with van der Waals surface area (Å²) in [5.41, 5.74) is 2.86. The molecular weight excluding hydrogens is 222 g/mol. The molecule has 0 saturated heterocycles. The molecule has 0 aliphatic carbocycles. The van der Waals surface area contributed by atoms with E-state index in [-0.39, 0.29) is 6.04 Å². The van der Waals surface area contributed by atoms with Crippen molar-refractivity contribution < 1.29 is 8.78 Å². The summed E-state index contributed by atoms with van der Waals surface area (Å²) in [4.78, 5) is 0. The van der Waals surface area contributed by atoms with Crippen molar-refractivity contribution in [2.24, 2.45) is 11.8 Å². The van der Waals surface area contributed by atoms with Crippen molar-refractivity contribution in [2.45, 2.75) is 39.2 Å². The second-order valence-electron chi connectivity index (χ2n) is 4.71.